The molecule has 0 aromatic heterocycles. The molecular formula is C21H32F2O4. The van der Waals surface area contributed by atoms with Gasteiger partial charge in [-0.2, -0.15) is 8.78 Å². The van der Waals surface area contributed by atoms with Gasteiger partial charge in [-0.15, -0.1) is 0 Å². The van der Waals surface area contributed by atoms with Crippen LogP contribution in [-0.2, 0) is 14.4 Å². The van der Waals surface area contributed by atoms with Crippen molar-refractivity contribution in [1.82, 2.24) is 0 Å². The minimum Gasteiger partial charge on any atom is -0.481 e. The van der Waals surface area contributed by atoms with Crippen LogP contribution >= 0.6 is 0 Å². The number of halogens is 2. The van der Waals surface area contributed by atoms with Gasteiger partial charge in [0.05, 0.1) is 0 Å². The number of Topliss-reactive ketones (excluding diaryl/α,β-unsaturated/α-hetero) is 2. The van der Waals surface area contributed by atoms with Crippen molar-refractivity contribution in [2.45, 2.75) is 96.3 Å². The van der Waals surface area contributed by atoms with Crippen LogP contribution in [0.3, 0.4) is 0 Å². The van der Waals surface area contributed by atoms with Gasteiger partial charge < -0.3 is 5.11 Å². The normalized spacial score (nSPS) is 19.0. The topological polar surface area (TPSA) is 71.4 Å². The Hall–Kier alpha value is -1.59. The molecule has 0 amide bonds. The summed E-state index contributed by atoms with van der Waals surface area (Å²) in [5.41, 5.74) is 0.822. The molecule has 1 rings (SSSR count). The van der Waals surface area contributed by atoms with Gasteiger partial charge in [-0.25, -0.2) is 0 Å². The van der Waals surface area contributed by atoms with Gasteiger partial charge in [-0.3, -0.25) is 14.4 Å². The lowest BCUT2D eigenvalue weighted by Crippen LogP contribution is -2.28. The van der Waals surface area contributed by atoms with E-state index in [2.05, 4.69) is 0 Å². The quantitative estimate of drug-likeness (QED) is 0.316. The Morgan fingerprint density at radius 2 is 1.81 bits per heavy atom. The lowest BCUT2D eigenvalue weighted by molar-refractivity contribution is -0.143. The fraction of sp³-hybridized carbons (Fsp3) is 0.762. The van der Waals surface area contributed by atoms with Gasteiger partial charge in [-0.1, -0.05) is 50.7 Å². The molecule has 1 saturated carbocycles. The number of hydrogen-bond acceptors (Lipinski definition) is 3. The van der Waals surface area contributed by atoms with Crippen LogP contribution in [0.2, 0.25) is 0 Å². The van der Waals surface area contributed by atoms with Crippen LogP contribution in [0, 0.1) is 5.92 Å². The van der Waals surface area contributed by atoms with Crippen LogP contribution in [0.25, 0.3) is 0 Å². The summed E-state index contributed by atoms with van der Waals surface area (Å²) in [5.74, 6) is -5.28. The van der Waals surface area contributed by atoms with Crippen molar-refractivity contribution in [3.05, 3.63) is 11.6 Å². The first-order valence-corrected chi connectivity index (χ1v) is 10.1. The zero-order valence-electron chi connectivity index (χ0n) is 16.3. The van der Waals surface area contributed by atoms with Gasteiger partial charge in [0.2, 0.25) is 5.78 Å². The fourth-order valence-electron chi connectivity index (χ4n) is 3.50. The molecule has 1 aliphatic rings. The third-order valence-electron chi connectivity index (χ3n) is 5.18. The van der Waals surface area contributed by atoms with E-state index >= 15 is 0 Å². The van der Waals surface area contributed by atoms with E-state index in [1.165, 1.54) is 0 Å². The van der Waals surface area contributed by atoms with Crippen molar-refractivity contribution in [2.24, 2.45) is 5.92 Å². The number of rotatable bonds is 14. The number of hydrogen-bond donors (Lipinski definition) is 1. The van der Waals surface area contributed by atoms with Gasteiger partial charge in [-0.05, 0) is 25.7 Å². The first-order chi connectivity index (χ1) is 12.8. The summed E-state index contributed by atoms with van der Waals surface area (Å²) in [5, 5.41) is 8.60. The number of carboxylic acids is 1. The number of aliphatic carboxylic acids is 1. The highest BCUT2D eigenvalue weighted by molar-refractivity contribution is 5.89. The predicted octanol–water partition coefficient (Wildman–Crippen LogP) is 5.49. The summed E-state index contributed by atoms with van der Waals surface area (Å²) in [4.78, 5) is 34.4. The predicted molar refractivity (Wildman–Crippen MR) is 99.9 cm³/mol. The van der Waals surface area contributed by atoms with Crippen LogP contribution in [0.1, 0.15) is 90.4 Å². The highest BCUT2D eigenvalue weighted by Crippen LogP contribution is 2.33. The minimum absolute atomic E-state index is 0.119. The molecule has 0 unspecified atom stereocenters. The van der Waals surface area contributed by atoms with Crippen LogP contribution in [-0.4, -0.2) is 28.6 Å². The van der Waals surface area contributed by atoms with Crippen LogP contribution in [0.4, 0.5) is 8.78 Å². The number of carbonyl (C=O) groups excluding carboxylic acids is 2. The maximum atomic E-state index is 13.9. The molecule has 0 spiro atoms. The van der Waals surface area contributed by atoms with E-state index < -0.39 is 24.1 Å². The third-order valence-corrected chi connectivity index (χ3v) is 5.18. The van der Waals surface area contributed by atoms with Gasteiger partial charge in [0.15, 0.2) is 0 Å². The molecule has 0 aliphatic heterocycles. The number of ketones is 2. The monoisotopic (exact) mass is 386 g/mol. The summed E-state index contributed by atoms with van der Waals surface area (Å²) in [6, 6.07) is 0. The first-order valence-electron chi connectivity index (χ1n) is 10.1. The Balaban J connectivity index is 2.45. The Morgan fingerprint density at radius 1 is 1.11 bits per heavy atom. The van der Waals surface area contributed by atoms with Crippen LogP contribution in [0.15, 0.2) is 11.6 Å². The highest BCUT2D eigenvalue weighted by atomic mass is 19.3. The minimum atomic E-state index is -3.28. The fourth-order valence-corrected chi connectivity index (χ4v) is 3.50. The molecule has 1 fully saturated rings. The standard InChI is InChI=1S/C21H32F2O4/c1-2-3-8-15-21(22,23)19(25)14-12-16-11-13-18(24)17(16)9-6-4-5-7-10-20(26)27/h12,17H,2-11,13-15H2,1H3,(H,26,27)/b16-12-/t17-/m1/s1. The molecule has 1 aliphatic carbocycles. The van der Waals surface area contributed by atoms with Crippen LogP contribution in [0.5, 0.6) is 0 Å². The molecule has 0 aromatic rings. The molecule has 0 bridgehead atoms. The summed E-state index contributed by atoms with van der Waals surface area (Å²) < 4.78 is 27.8. The second-order valence-electron chi connectivity index (χ2n) is 7.43. The maximum Gasteiger partial charge on any atom is 0.305 e. The third kappa shape index (κ3) is 8.76. The molecule has 154 valence electrons. The second kappa shape index (κ2) is 12.0. The van der Waals surface area contributed by atoms with E-state index in [0.29, 0.717) is 38.5 Å². The Kier molecular flexibility index (Phi) is 10.4. The Bertz CT molecular complexity index is 540. The molecule has 0 heterocycles. The van der Waals surface area contributed by atoms with Gasteiger partial charge in [0.1, 0.15) is 5.78 Å². The number of carbonyl (C=O) groups is 3. The molecule has 27 heavy (non-hydrogen) atoms. The van der Waals surface area contributed by atoms with Crippen molar-refractivity contribution in [2.75, 3.05) is 0 Å². The van der Waals surface area contributed by atoms with Gasteiger partial charge >= 0.3 is 11.9 Å². The molecular weight excluding hydrogens is 354 g/mol. The summed E-state index contributed by atoms with van der Waals surface area (Å²) >= 11 is 0. The van der Waals surface area contributed by atoms with Crippen molar-refractivity contribution >= 4 is 17.5 Å². The molecule has 1 atom stereocenters. The number of allylic oxidation sites excluding steroid dienone is 2. The molecule has 1 N–H and O–H groups in total. The molecule has 4 nitrogen and oxygen atoms in total. The summed E-state index contributed by atoms with van der Waals surface area (Å²) in [6.45, 7) is 1.92. The maximum absolute atomic E-state index is 13.9. The van der Waals surface area contributed by atoms with E-state index in [1.54, 1.807) is 6.08 Å². The number of alkyl halides is 2. The van der Waals surface area contributed by atoms with E-state index in [1.807, 2.05) is 6.92 Å². The molecule has 0 aromatic carbocycles. The average Bonchev–Trinajstić information content (AvgIpc) is 2.95. The SMILES string of the molecule is CCCCCC(F)(F)C(=O)C/C=C1/CCC(=O)[C@@H]1CCCCCCC(=O)O. The van der Waals surface area contributed by atoms with Gasteiger partial charge in [0, 0.05) is 31.6 Å². The summed E-state index contributed by atoms with van der Waals surface area (Å²) in [7, 11) is 0. The van der Waals surface area contributed by atoms with E-state index in [-0.39, 0.29) is 24.5 Å². The van der Waals surface area contributed by atoms with Gasteiger partial charge in [0.25, 0.3) is 0 Å². The summed E-state index contributed by atoms with van der Waals surface area (Å²) in [6.07, 6.45) is 7.54. The second-order valence-corrected chi connectivity index (χ2v) is 7.43. The van der Waals surface area contributed by atoms with Crippen molar-refractivity contribution < 1.29 is 28.3 Å². The molecule has 0 radical (unpaired) electrons. The zero-order chi connectivity index (χ0) is 20.3. The van der Waals surface area contributed by atoms with Crippen molar-refractivity contribution in [3.8, 4) is 0 Å². The number of unbranched alkanes of at least 4 members (excludes halogenated alkanes) is 5. The van der Waals surface area contributed by atoms with Crippen molar-refractivity contribution in [3.63, 3.8) is 0 Å². The molecule has 0 saturated heterocycles. The van der Waals surface area contributed by atoms with E-state index in [0.717, 1.165) is 31.3 Å². The van der Waals surface area contributed by atoms with Crippen LogP contribution < -0.4 is 0 Å². The first kappa shape index (κ1) is 23.4. The lowest BCUT2D eigenvalue weighted by Gasteiger charge is -2.15. The zero-order valence-corrected chi connectivity index (χ0v) is 16.3. The smallest absolute Gasteiger partial charge is 0.305 e. The largest absolute Gasteiger partial charge is 0.481 e. The Morgan fingerprint density at radius 3 is 2.48 bits per heavy atom. The van der Waals surface area contributed by atoms with E-state index in [9.17, 15) is 23.2 Å². The van der Waals surface area contributed by atoms with Crippen molar-refractivity contribution in [1.29, 1.82) is 0 Å². The molecule has 6 heteroatoms. The highest BCUT2D eigenvalue weighted by Gasteiger charge is 2.37. The number of carboxylic acid groups (broad SMARTS) is 1. The van der Waals surface area contributed by atoms with E-state index in [4.69, 9.17) is 5.11 Å². The Labute approximate surface area is 160 Å². The lowest BCUT2D eigenvalue weighted by atomic mass is 9.93. The average molecular weight is 386 g/mol.